The molecule has 0 aromatic heterocycles. The summed E-state index contributed by atoms with van der Waals surface area (Å²) >= 11 is 0. The van der Waals surface area contributed by atoms with Gasteiger partial charge in [-0.3, -0.25) is 9.59 Å². The van der Waals surface area contributed by atoms with E-state index in [0.717, 1.165) is 77.0 Å². The van der Waals surface area contributed by atoms with Gasteiger partial charge in [-0.05, 0) is 51.4 Å². The zero-order valence-corrected chi connectivity index (χ0v) is 16.5. The molecule has 4 heteroatoms. The first-order valence-corrected chi connectivity index (χ1v) is 10.2. The fourth-order valence-corrected chi connectivity index (χ4v) is 2.54. The van der Waals surface area contributed by atoms with Crippen molar-refractivity contribution in [1.82, 2.24) is 0 Å². The number of esters is 2. The molecule has 0 amide bonds. The smallest absolute Gasteiger partial charge is 0.305 e. The Hall–Kier alpha value is -1.58. The van der Waals surface area contributed by atoms with Gasteiger partial charge in [-0.15, -0.1) is 13.2 Å². The summed E-state index contributed by atoms with van der Waals surface area (Å²) in [5.41, 5.74) is 0. The highest BCUT2D eigenvalue weighted by atomic mass is 16.5. The van der Waals surface area contributed by atoms with E-state index in [1.165, 1.54) is 0 Å². The summed E-state index contributed by atoms with van der Waals surface area (Å²) in [6, 6.07) is 0. The molecule has 150 valence electrons. The molecule has 0 saturated heterocycles. The molecule has 0 atom stereocenters. The van der Waals surface area contributed by atoms with Gasteiger partial charge >= 0.3 is 11.9 Å². The van der Waals surface area contributed by atoms with Crippen molar-refractivity contribution in [3.05, 3.63) is 25.3 Å². The summed E-state index contributed by atoms with van der Waals surface area (Å²) in [5.74, 6) is -0.168. The highest BCUT2D eigenvalue weighted by molar-refractivity contribution is 5.69. The molecule has 26 heavy (non-hydrogen) atoms. The normalized spacial score (nSPS) is 10.3. The van der Waals surface area contributed by atoms with Crippen LogP contribution in [0.3, 0.4) is 0 Å². The minimum absolute atomic E-state index is 0.0839. The first-order valence-electron chi connectivity index (χ1n) is 10.2. The van der Waals surface area contributed by atoms with E-state index in [1.54, 1.807) is 0 Å². The van der Waals surface area contributed by atoms with E-state index in [4.69, 9.17) is 9.47 Å². The van der Waals surface area contributed by atoms with E-state index in [1.807, 2.05) is 12.2 Å². The number of hydrogen-bond acceptors (Lipinski definition) is 4. The van der Waals surface area contributed by atoms with Crippen LogP contribution in [0.4, 0.5) is 0 Å². The van der Waals surface area contributed by atoms with Crippen LogP contribution < -0.4 is 0 Å². The molecule has 0 unspecified atom stereocenters. The van der Waals surface area contributed by atoms with Crippen molar-refractivity contribution in [3.8, 4) is 0 Å². The van der Waals surface area contributed by atoms with E-state index < -0.39 is 0 Å². The van der Waals surface area contributed by atoms with Crippen molar-refractivity contribution in [1.29, 1.82) is 0 Å². The third-order valence-electron chi connectivity index (χ3n) is 4.14. The molecule has 0 fully saturated rings. The predicted octanol–water partition coefficient (Wildman–Crippen LogP) is 5.91. The maximum Gasteiger partial charge on any atom is 0.305 e. The van der Waals surface area contributed by atoms with Crippen molar-refractivity contribution < 1.29 is 19.1 Å². The van der Waals surface area contributed by atoms with Gasteiger partial charge in [0.15, 0.2) is 0 Å². The van der Waals surface area contributed by atoms with Crippen LogP contribution in [0.5, 0.6) is 0 Å². The second-order valence-corrected chi connectivity index (χ2v) is 6.63. The maximum absolute atomic E-state index is 11.5. The van der Waals surface area contributed by atoms with Gasteiger partial charge in [0, 0.05) is 12.8 Å². The number of unbranched alkanes of at least 4 members (excludes halogenated alkanes) is 9. The van der Waals surface area contributed by atoms with E-state index in [0.29, 0.717) is 26.1 Å². The van der Waals surface area contributed by atoms with Crippen molar-refractivity contribution in [2.24, 2.45) is 0 Å². The van der Waals surface area contributed by atoms with Crippen molar-refractivity contribution in [2.75, 3.05) is 13.2 Å². The Morgan fingerprint density at radius 2 is 0.962 bits per heavy atom. The number of allylic oxidation sites excluding steroid dienone is 2. The molecule has 0 heterocycles. The lowest BCUT2D eigenvalue weighted by atomic mass is 10.1. The van der Waals surface area contributed by atoms with Gasteiger partial charge in [0.05, 0.1) is 13.2 Å². The molecule has 0 aromatic carbocycles. The third kappa shape index (κ3) is 18.8. The Morgan fingerprint density at radius 1 is 0.577 bits per heavy atom. The largest absolute Gasteiger partial charge is 0.466 e. The van der Waals surface area contributed by atoms with Crippen LogP contribution >= 0.6 is 0 Å². The lowest BCUT2D eigenvalue weighted by molar-refractivity contribution is -0.144. The number of carbonyl (C=O) groups is 2. The van der Waals surface area contributed by atoms with Gasteiger partial charge in [0.1, 0.15) is 0 Å². The average Bonchev–Trinajstić information content (AvgIpc) is 2.63. The van der Waals surface area contributed by atoms with Crippen LogP contribution in [0.1, 0.15) is 89.9 Å². The first kappa shape index (κ1) is 24.4. The second-order valence-electron chi connectivity index (χ2n) is 6.63. The van der Waals surface area contributed by atoms with Gasteiger partial charge < -0.3 is 9.47 Å². The molecule has 0 aliphatic heterocycles. The van der Waals surface area contributed by atoms with Gasteiger partial charge in [0.25, 0.3) is 0 Å². The molecular formula is C22H38O4. The molecule has 0 bridgehead atoms. The summed E-state index contributed by atoms with van der Waals surface area (Å²) < 4.78 is 10.4. The summed E-state index contributed by atoms with van der Waals surface area (Å²) in [5, 5.41) is 0. The van der Waals surface area contributed by atoms with Crippen LogP contribution in [-0.2, 0) is 19.1 Å². The predicted molar refractivity (Wildman–Crippen MR) is 107 cm³/mol. The standard InChI is InChI=1S/C22H38O4/c1-3-5-7-15-19-25-21(23)17-13-11-9-10-12-14-18-22(24)26-20-16-8-6-4-2/h3-4H,1-2,5-20H2. The van der Waals surface area contributed by atoms with Crippen LogP contribution in [-0.4, -0.2) is 25.2 Å². The first-order chi connectivity index (χ1) is 12.7. The minimum Gasteiger partial charge on any atom is -0.466 e. The van der Waals surface area contributed by atoms with E-state index in [2.05, 4.69) is 13.2 Å². The molecule has 0 radical (unpaired) electrons. The zero-order valence-electron chi connectivity index (χ0n) is 16.5. The molecule has 0 aliphatic carbocycles. The molecule has 0 rings (SSSR count). The Morgan fingerprint density at radius 3 is 1.35 bits per heavy atom. The SMILES string of the molecule is C=CCCCCOC(=O)CCCCCCCCC(=O)OCCCCC=C. The number of rotatable bonds is 19. The van der Waals surface area contributed by atoms with Gasteiger partial charge in [0.2, 0.25) is 0 Å². The van der Waals surface area contributed by atoms with E-state index >= 15 is 0 Å². The van der Waals surface area contributed by atoms with E-state index in [-0.39, 0.29) is 11.9 Å². The van der Waals surface area contributed by atoms with Crippen molar-refractivity contribution in [2.45, 2.75) is 89.9 Å². The third-order valence-corrected chi connectivity index (χ3v) is 4.14. The lowest BCUT2D eigenvalue weighted by Gasteiger charge is -2.05. The van der Waals surface area contributed by atoms with Crippen LogP contribution in [0, 0.1) is 0 Å². The van der Waals surface area contributed by atoms with Crippen LogP contribution in [0.15, 0.2) is 25.3 Å². The average molecular weight is 367 g/mol. The monoisotopic (exact) mass is 366 g/mol. The minimum atomic E-state index is -0.0839. The van der Waals surface area contributed by atoms with Crippen molar-refractivity contribution in [3.63, 3.8) is 0 Å². The Bertz CT molecular complexity index is 340. The summed E-state index contributed by atoms with van der Waals surface area (Å²) in [6.07, 6.45) is 16.7. The van der Waals surface area contributed by atoms with Crippen molar-refractivity contribution >= 4 is 11.9 Å². The lowest BCUT2D eigenvalue weighted by Crippen LogP contribution is -2.05. The fourth-order valence-electron chi connectivity index (χ4n) is 2.54. The Balaban J connectivity index is 3.27. The molecule has 4 nitrogen and oxygen atoms in total. The summed E-state index contributed by atoms with van der Waals surface area (Å²) in [6.45, 7) is 8.38. The highest BCUT2D eigenvalue weighted by Crippen LogP contribution is 2.10. The Kier molecular flexibility index (Phi) is 18.5. The van der Waals surface area contributed by atoms with Gasteiger partial charge in [-0.1, -0.05) is 37.8 Å². The number of ether oxygens (including phenoxy) is 2. The Labute approximate surface area is 160 Å². The van der Waals surface area contributed by atoms with E-state index in [9.17, 15) is 9.59 Å². The highest BCUT2D eigenvalue weighted by Gasteiger charge is 2.04. The second kappa shape index (κ2) is 19.7. The molecule has 0 N–H and O–H groups in total. The molecule has 0 aliphatic rings. The quantitative estimate of drug-likeness (QED) is 0.162. The van der Waals surface area contributed by atoms with Gasteiger partial charge in [-0.25, -0.2) is 0 Å². The summed E-state index contributed by atoms with van der Waals surface area (Å²) in [4.78, 5) is 23.1. The molecular weight excluding hydrogens is 328 g/mol. The van der Waals surface area contributed by atoms with Gasteiger partial charge in [-0.2, -0.15) is 0 Å². The number of carbonyl (C=O) groups excluding carboxylic acids is 2. The fraction of sp³-hybridized carbons (Fsp3) is 0.727. The summed E-state index contributed by atoms with van der Waals surface area (Å²) in [7, 11) is 0. The molecule has 0 spiro atoms. The molecule has 0 saturated carbocycles. The number of hydrogen-bond donors (Lipinski definition) is 0. The zero-order chi connectivity index (χ0) is 19.3. The maximum atomic E-state index is 11.5. The van der Waals surface area contributed by atoms with Crippen LogP contribution in [0.2, 0.25) is 0 Å². The van der Waals surface area contributed by atoms with Crippen LogP contribution in [0.25, 0.3) is 0 Å². The topological polar surface area (TPSA) is 52.6 Å². The molecule has 0 aromatic rings.